The normalized spacial score (nSPS) is 11.3. The number of rotatable bonds is 6. The van der Waals surface area contributed by atoms with Crippen molar-refractivity contribution in [1.29, 1.82) is 0 Å². The van der Waals surface area contributed by atoms with Gasteiger partial charge in [-0.05, 0) is 77.2 Å². The van der Waals surface area contributed by atoms with Crippen molar-refractivity contribution in [3.05, 3.63) is 52.5 Å². The van der Waals surface area contributed by atoms with Crippen LogP contribution in [0.2, 0.25) is 0 Å². The molecule has 0 saturated carbocycles. The highest BCUT2D eigenvalue weighted by molar-refractivity contribution is 9.10. The van der Waals surface area contributed by atoms with E-state index in [2.05, 4.69) is 42.0 Å². The predicted octanol–water partition coefficient (Wildman–Crippen LogP) is 5.55. The van der Waals surface area contributed by atoms with Crippen LogP contribution in [-0.4, -0.2) is 18.6 Å². The topological polar surface area (TPSA) is 47.6 Å². The summed E-state index contributed by atoms with van der Waals surface area (Å²) in [6.07, 6.45) is 0.118. The minimum atomic E-state index is -0.214. The number of amides is 1. The van der Waals surface area contributed by atoms with Crippen molar-refractivity contribution in [2.75, 3.05) is 11.9 Å². The number of nitrogens with one attached hydrogen (secondary N) is 1. The van der Waals surface area contributed by atoms with Crippen molar-refractivity contribution in [3.8, 4) is 11.5 Å². The molecule has 0 unspecified atom stereocenters. The minimum absolute atomic E-state index is 0.0578. The first-order valence-electron chi connectivity index (χ1n) is 8.64. The van der Waals surface area contributed by atoms with Crippen LogP contribution in [0.25, 0.3) is 0 Å². The van der Waals surface area contributed by atoms with Gasteiger partial charge in [0.2, 0.25) is 0 Å². The van der Waals surface area contributed by atoms with Gasteiger partial charge in [-0.2, -0.15) is 0 Å². The van der Waals surface area contributed by atoms with E-state index in [0.717, 1.165) is 10.2 Å². The van der Waals surface area contributed by atoms with Gasteiger partial charge >= 0.3 is 0 Å². The van der Waals surface area contributed by atoms with Crippen molar-refractivity contribution in [2.45, 2.75) is 46.1 Å². The van der Waals surface area contributed by atoms with Crippen molar-refractivity contribution in [1.82, 2.24) is 0 Å². The SMILES string of the molecule is CC(C)Oc1ccc(NC(=O)COc2ccc(C(C)(C)C)cc2Br)cc1. The molecular weight excluding hydrogens is 394 g/mol. The molecule has 0 aliphatic rings. The predicted molar refractivity (Wildman–Crippen MR) is 109 cm³/mol. The third kappa shape index (κ3) is 6.06. The lowest BCUT2D eigenvalue weighted by Gasteiger charge is -2.20. The van der Waals surface area contributed by atoms with Gasteiger partial charge < -0.3 is 14.8 Å². The summed E-state index contributed by atoms with van der Waals surface area (Å²) in [5, 5.41) is 2.81. The summed E-state index contributed by atoms with van der Waals surface area (Å²) < 4.78 is 12.1. The molecule has 0 saturated heterocycles. The Balaban J connectivity index is 1.90. The van der Waals surface area contributed by atoms with Gasteiger partial charge in [0.1, 0.15) is 11.5 Å². The van der Waals surface area contributed by atoms with E-state index < -0.39 is 0 Å². The number of halogens is 1. The quantitative estimate of drug-likeness (QED) is 0.667. The number of anilines is 1. The van der Waals surface area contributed by atoms with E-state index in [0.29, 0.717) is 11.4 Å². The van der Waals surface area contributed by atoms with Crippen molar-refractivity contribution in [2.24, 2.45) is 0 Å². The Kier molecular flexibility index (Phi) is 6.70. The van der Waals surface area contributed by atoms with Crippen molar-refractivity contribution < 1.29 is 14.3 Å². The Bertz CT molecular complexity index is 749. The van der Waals surface area contributed by atoms with E-state index in [1.54, 1.807) is 0 Å². The third-order valence-electron chi connectivity index (χ3n) is 3.67. The molecule has 26 heavy (non-hydrogen) atoms. The molecule has 0 heterocycles. The van der Waals surface area contributed by atoms with Crippen LogP contribution in [0.5, 0.6) is 11.5 Å². The fourth-order valence-electron chi connectivity index (χ4n) is 2.31. The van der Waals surface area contributed by atoms with E-state index >= 15 is 0 Å². The molecule has 4 nitrogen and oxygen atoms in total. The Morgan fingerprint density at radius 1 is 1.12 bits per heavy atom. The number of benzene rings is 2. The number of carbonyl (C=O) groups excluding carboxylic acids is 1. The summed E-state index contributed by atoms with van der Waals surface area (Å²) in [7, 11) is 0. The maximum absolute atomic E-state index is 12.1. The van der Waals surface area contributed by atoms with Crippen molar-refractivity contribution >= 4 is 27.5 Å². The molecule has 0 aliphatic heterocycles. The Morgan fingerprint density at radius 3 is 2.31 bits per heavy atom. The average Bonchev–Trinajstić information content (AvgIpc) is 2.54. The average molecular weight is 420 g/mol. The van der Waals surface area contributed by atoms with Crippen molar-refractivity contribution in [3.63, 3.8) is 0 Å². The fourth-order valence-corrected chi connectivity index (χ4v) is 2.81. The first kappa shape index (κ1) is 20.3. The summed E-state index contributed by atoms with van der Waals surface area (Å²) in [6.45, 7) is 10.3. The molecule has 2 aromatic carbocycles. The van der Waals surface area contributed by atoms with Crippen LogP contribution < -0.4 is 14.8 Å². The number of ether oxygens (including phenoxy) is 2. The molecule has 1 amide bonds. The zero-order valence-electron chi connectivity index (χ0n) is 15.9. The van der Waals surface area contributed by atoms with Gasteiger partial charge in [-0.3, -0.25) is 4.79 Å². The first-order chi connectivity index (χ1) is 12.1. The van der Waals surface area contributed by atoms with Gasteiger partial charge in [-0.15, -0.1) is 0 Å². The smallest absolute Gasteiger partial charge is 0.262 e. The molecule has 0 atom stereocenters. The van der Waals surface area contributed by atoms with Gasteiger partial charge in [0.05, 0.1) is 10.6 Å². The Labute approximate surface area is 164 Å². The Hall–Kier alpha value is -2.01. The lowest BCUT2D eigenvalue weighted by atomic mass is 9.87. The number of hydrogen-bond donors (Lipinski definition) is 1. The fraction of sp³-hybridized carbons (Fsp3) is 0.381. The second kappa shape index (κ2) is 8.58. The molecule has 2 rings (SSSR count). The lowest BCUT2D eigenvalue weighted by molar-refractivity contribution is -0.118. The molecular formula is C21H26BrNO3. The molecule has 0 aromatic heterocycles. The molecule has 5 heteroatoms. The molecule has 0 aliphatic carbocycles. The molecule has 1 N–H and O–H groups in total. The summed E-state index contributed by atoms with van der Waals surface area (Å²) in [6, 6.07) is 13.2. The molecule has 0 bridgehead atoms. The van der Waals surface area contributed by atoms with Crippen LogP contribution in [-0.2, 0) is 10.2 Å². The van der Waals surface area contributed by atoms with Crippen LogP contribution in [0.1, 0.15) is 40.2 Å². The minimum Gasteiger partial charge on any atom is -0.491 e. The zero-order chi connectivity index (χ0) is 19.3. The summed E-state index contributed by atoms with van der Waals surface area (Å²) >= 11 is 3.51. The van der Waals surface area contributed by atoms with Gasteiger partial charge in [-0.25, -0.2) is 0 Å². The Morgan fingerprint density at radius 2 is 1.77 bits per heavy atom. The van der Waals surface area contributed by atoms with E-state index in [1.165, 1.54) is 5.56 Å². The van der Waals surface area contributed by atoms with Gasteiger partial charge in [-0.1, -0.05) is 26.8 Å². The number of carbonyl (C=O) groups is 1. The highest BCUT2D eigenvalue weighted by Crippen LogP contribution is 2.31. The summed E-state index contributed by atoms with van der Waals surface area (Å²) in [4.78, 5) is 12.1. The standard InChI is InChI=1S/C21H26BrNO3/c1-14(2)26-17-9-7-16(8-10-17)23-20(24)13-25-19-11-6-15(12-18(19)22)21(3,4)5/h6-12,14H,13H2,1-5H3,(H,23,24). The largest absolute Gasteiger partial charge is 0.491 e. The lowest BCUT2D eigenvalue weighted by Crippen LogP contribution is -2.20. The highest BCUT2D eigenvalue weighted by atomic mass is 79.9. The van der Waals surface area contributed by atoms with E-state index in [9.17, 15) is 4.79 Å². The second-order valence-corrected chi connectivity index (χ2v) is 8.28. The maximum atomic E-state index is 12.1. The zero-order valence-corrected chi connectivity index (χ0v) is 17.5. The van der Waals surface area contributed by atoms with Gasteiger partial charge in [0.15, 0.2) is 6.61 Å². The van der Waals surface area contributed by atoms with E-state index in [-0.39, 0.29) is 24.0 Å². The third-order valence-corrected chi connectivity index (χ3v) is 4.29. The van der Waals surface area contributed by atoms with Crippen LogP contribution in [0.15, 0.2) is 46.9 Å². The molecule has 2 aromatic rings. The van der Waals surface area contributed by atoms with Crippen LogP contribution in [0.3, 0.4) is 0 Å². The number of hydrogen-bond acceptors (Lipinski definition) is 3. The molecule has 0 radical (unpaired) electrons. The van der Waals surface area contributed by atoms with E-state index in [4.69, 9.17) is 9.47 Å². The van der Waals surface area contributed by atoms with Crippen LogP contribution in [0.4, 0.5) is 5.69 Å². The van der Waals surface area contributed by atoms with Crippen LogP contribution in [0, 0.1) is 0 Å². The monoisotopic (exact) mass is 419 g/mol. The van der Waals surface area contributed by atoms with Gasteiger partial charge in [0, 0.05) is 5.69 Å². The second-order valence-electron chi connectivity index (χ2n) is 7.42. The van der Waals surface area contributed by atoms with Crippen LogP contribution >= 0.6 is 15.9 Å². The first-order valence-corrected chi connectivity index (χ1v) is 9.44. The maximum Gasteiger partial charge on any atom is 0.262 e. The highest BCUT2D eigenvalue weighted by Gasteiger charge is 2.15. The van der Waals surface area contributed by atoms with Gasteiger partial charge in [0.25, 0.3) is 5.91 Å². The molecule has 140 valence electrons. The van der Waals surface area contributed by atoms with E-state index in [1.807, 2.05) is 56.3 Å². The molecule has 0 spiro atoms. The summed E-state index contributed by atoms with van der Waals surface area (Å²) in [5.74, 6) is 1.21. The summed E-state index contributed by atoms with van der Waals surface area (Å²) in [5.41, 5.74) is 1.96. The molecule has 0 fully saturated rings.